The smallest absolute Gasteiger partial charge is 0.254 e. The Hall–Kier alpha value is -3.28. The van der Waals surface area contributed by atoms with Gasteiger partial charge in [0.1, 0.15) is 28.6 Å². The van der Waals surface area contributed by atoms with Gasteiger partial charge in [-0.3, -0.25) is 4.79 Å². The van der Waals surface area contributed by atoms with Crippen LogP contribution in [0, 0.1) is 5.92 Å². The summed E-state index contributed by atoms with van der Waals surface area (Å²) in [4.78, 5) is 12.5. The van der Waals surface area contributed by atoms with E-state index < -0.39 is 5.91 Å². The molecule has 32 heavy (non-hydrogen) atoms. The fraction of sp³-hybridized carbons (Fsp3) is 0.385. The molecule has 0 spiro atoms. The van der Waals surface area contributed by atoms with Crippen molar-refractivity contribution >= 4 is 11.7 Å². The summed E-state index contributed by atoms with van der Waals surface area (Å²) in [6.07, 6.45) is 5.60. The maximum absolute atomic E-state index is 12.5. The molecule has 0 bridgehead atoms. The second-order valence-corrected chi connectivity index (χ2v) is 8.44. The first-order valence-electron chi connectivity index (χ1n) is 11.6. The third-order valence-corrected chi connectivity index (χ3v) is 6.17. The van der Waals surface area contributed by atoms with Gasteiger partial charge in [-0.1, -0.05) is 44.9 Å². The van der Waals surface area contributed by atoms with Gasteiger partial charge in [0.2, 0.25) is 0 Å². The summed E-state index contributed by atoms with van der Waals surface area (Å²) in [5.74, 6) is 2.35. The number of nitrogens with zero attached hydrogens (tertiary/aromatic N) is 2. The number of ether oxygens (including phenoxy) is 1. The minimum Gasteiger partial charge on any atom is -0.457 e. The average Bonchev–Trinajstić information content (AvgIpc) is 3.20. The lowest BCUT2D eigenvalue weighted by Gasteiger charge is -2.32. The molecule has 1 aliphatic rings. The highest BCUT2D eigenvalue weighted by Crippen LogP contribution is 2.39. The van der Waals surface area contributed by atoms with Crippen molar-refractivity contribution < 1.29 is 9.53 Å². The Morgan fingerprint density at radius 1 is 1.09 bits per heavy atom. The summed E-state index contributed by atoms with van der Waals surface area (Å²) in [6, 6.07) is 17.6. The molecule has 1 amide bonds. The van der Waals surface area contributed by atoms with Crippen molar-refractivity contribution in [2.75, 3.05) is 11.9 Å². The van der Waals surface area contributed by atoms with Crippen LogP contribution in [0.25, 0.3) is 11.3 Å². The number of aromatic nitrogens is 2. The van der Waals surface area contributed by atoms with E-state index in [0.29, 0.717) is 17.2 Å². The average molecular weight is 433 g/mol. The first kappa shape index (κ1) is 21.9. The molecule has 3 N–H and O–H groups in total. The lowest BCUT2D eigenvalue weighted by molar-refractivity contribution is 0.100. The van der Waals surface area contributed by atoms with E-state index in [1.165, 1.54) is 0 Å². The predicted molar refractivity (Wildman–Crippen MR) is 128 cm³/mol. The maximum atomic E-state index is 12.5. The Morgan fingerprint density at radius 3 is 2.38 bits per heavy atom. The van der Waals surface area contributed by atoms with Gasteiger partial charge in [-0.25, -0.2) is 4.68 Å². The van der Waals surface area contributed by atoms with Crippen LogP contribution in [0.2, 0.25) is 0 Å². The highest BCUT2D eigenvalue weighted by Gasteiger charge is 2.33. The van der Waals surface area contributed by atoms with Crippen molar-refractivity contribution in [3.05, 3.63) is 60.2 Å². The van der Waals surface area contributed by atoms with Gasteiger partial charge in [-0.2, -0.15) is 5.10 Å². The molecule has 0 saturated carbocycles. The molecular weight excluding hydrogens is 400 g/mol. The minimum atomic E-state index is -0.457. The lowest BCUT2D eigenvalue weighted by Crippen LogP contribution is -2.30. The zero-order valence-corrected chi connectivity index (χ0v) is 18.9. The topological polar surface area (TPSA) is 82.2 Å². The van der Waals surface area contributed by atoms with Gasteiger partial charge in [0.05, 0.1) is 6.04 Å². The molecule has 0 saturated heterocycles. The number of hydrogen-bond donors (Lipinski definition) is 2. The maximum Gasteiger partial charge on any atom is 0.254 e. The van der Waals surface area contributed by atoms with Gasteiger partial charge in [0.25, 0.3) is 5.91 Å². The van der Waals surface area contributed by atoms with Crippen molar-refractivity contribution in [2.45, 2.75) is 52.0 Å². The van der Waals surface area contributed by atoms with E-state index in [4.69, 9.17) is 15.6 Å². The Bertz CT molecular complexity index is 1040. The molecule has 6 heteroatoms. The van der Waals surface area contributed by atoms with Gasteiger partial charge < -0.3 is 15.8 Å². The molecule has 6 nitrogen and oxygen atoms in total. The van der Waals surface area contributed by atoms with Gasteiger partial charge in [-0.15, -0.1) is 0 Å². The summed E-state index contributed by atoms with van der Waals surface area (Å²) >= 11 is 0. The van der Waals surface area contributed by atoms with Crippen LogP contribution < -0.4 is 15.8 Å². The van der Waals surface area contributed by atoms with Crippen LogP contribution in [0.1, 0.15) is 62.4 Å². The van der Waals surface area contributed by atoms with Gasteiger partial charge in [0, 0.05) is 12.1 Å². The van der Waals surface area contributed by atoms with Crippen molar-refractivity contribution in [3.63, 3.8) is 0 Å². The van der Waals surface area contributed by atoms with Crippen LogP contribution in [0.15, 0.2) is 54.6 Å². The Kier molecular flexibility index (Phi) is 6.78. The van der Waals surface area contributed by atoms with E-state index >= 15 is 0 Å². The molecule has 0 radical (unpaired) electrons. The van der Waals surface area contributed by atoms with E-state index in [1.54, 1.807) is 0 Å². The molecule has 168 valence electrons. The SMILES string of the molecule is CCCC(CCC)C1CCNc2c(C(N)=O)c(-c3ccc(Oc4ccccc4)cc3)nn21. The molecule has 1 atom stereocenters. The van der Waals surface area contributed by atoms with Gasteiger partial charge in [-0.05, 0) is 61.6 Å². The summed E-state index contributed by atoms with van der Waals surface area (Å²) in [5.41, 5.74) is 7.79. The summed E-state index contributed by atoms with van der Waals surface area (Å²) in [5, 5.41) is 8.33. The standard InChI is InChI=1S/C26H32N4O2/c1-3-8-18(9-4-2)22-16-17-28-26-23(25(27)31)24(29-30(22)26)19-12-14-21(15-13-19)32-20-10-6-5-7-11-20/h5-7,10-15,18,22,28H,3-4,8-9,16-17H2,1-2H3,(H2,27,31). The van der Waals surface area contributed by atoms with E-state index in [1.807, 2.05) is 59.3 Å². The molecule has 4 rings (SSSR count). The second-order valence-electron chi connectivity index (χ2n) is 8.44. The zero-order chi connectivity index (χ0) is 22.5. The summed E-state index contributed by atoms with van der Waals surface area (Å²) < 4.78 is 7.93. The third kappa shape index (κ3) is 4.49. The number of carbonyl (C=O) groups is 1. The van der Waals surface area contributed by atoms with Gasteiger partial charge in [0.15, 0.2) is 0 Å². The van der Waals surface area contributed by atoms with Crippen molar-refractivity contribution in [3.8, 4) is 22.8 Å². The highest BCUT2D eigenvalue weighted by molar-refractivity contribution is 6.03. The Labute approximate surface area is 189 Å². The van der Waals surface area contributed by atoms with E-state index in [9.17, 15) is 4.79 Å². The Balaban J connectivity index is 1.68. The number of nitrogens with one attached hydrogen (secondary N) is 1. The van der Waals surface area contributed by atoms with Crippen LogP contribution in [0.4, 0.5) is 5.82 Å². The number of para-hydroxylation sites is 1. The van der Waals surface area contributed by atoms with Crippen LogP contribution in [-0.4, -0.2) is 22.2 Å². The molecule has 1 unspecified atom stereocenters. The Morgan fingerprint density at radius 2 is 1.75 bits per heavy atom. The minimum absolute atomic E-state index is 0.277. The molecule has 2 heterocycles. The number of amides is 1. The molecule has 1 aromatic heterocycles. The number of primary amides is 1. The van der Waals surface area contributed by atoms with Crippen LogP contribution in [0.5, 0.6) is 11.5 Å². The van der Waals surface area contributed by atoms with Crippen LogP contribution >= 0.6 is 0 Å². The first-order valence-corrected chi connectivity index (χ1v) is 11.6. The first-order chi connectivity index (χ1) is 15.6. The third-order valence-electron chi connectivity index (χ3n) is 6.17. The van der Waals surface area contributed by atoms with E-state index in [-0.39, 0.29) is 6.04 Å². The number of fused-ring (bicyclic) bond motifs is 1. The molecular formula is C26H32N4O2. The van der Waals surface area contributed by atoms with Crippen molar-refractivity contribution in [2.24, 2.45) is 11.7 Å². The summed E-state index contributed by atoms with van der Waals surface area (Å²) in [7, 11) is 0. The van der Waals surface area contributed by atoms with Crippen molar-refractivity contribution in [1.82, 2.24) is 9.78 Å². The fourth-order valence-corrected chi connectivity index (χ4v) is 4.75. The predicted octanol–water partition coefficient (Wildman–Crippen LogP) is 6.01. The van der Waals surface area contributed by atoms with E-state index in [2.05, 4.69) is 19.2 Å². The number of nitrogens with two attached hydrogens (primary N) is 1. The largest absolute Gasteiger partial charge is 0.457 e. The highest BCUT2D eigenvalue weighted by atomic mass is 16.5. The fourth-order valence-electron chi connectivity index (χ4n) is 4.75. The molecule has 0 aliphatic carbocycles. The molecule has 1 aliphatic heterocycles. The van der Waals surface area contributed by atoms with E-state index in [0.717, 1.165) is 61.5 Å². The van der Waals surface area contributed by atoms with Crippen LogP contribution in [-0.2, 0) is 0 Å². The monoisotopic (exact) mass is 432 g/mol. The molecule has 3 aromatic rings. The number of benzene rings is 2. The second kappa shape index (κ2) is 9.90. The normalized spacial score (nSPS) is 15.3. The molecule has 2 aromatic carbocycles. The quantitative estimate of drug-likeness (QED) is 0.433. The lowest BCUT2D eigenvalue weighted by atomic mass is 9.88. The van der Waals surface area contributed by atoms with Crippen LogP contribution in [0.3, 0.4) is 0 Å². The molecule has 0 fully saturated rings. The number of rotatable bonds is 9. The zero-order valence-electron chi connectivity index (χ0n) is 18.9. The summed E-state index contributed by atoms with van der Waals surface area (Å²) in [6.45, 7) is 5.28. The number of carbonyl (C=O) groups excluding carboxylic acids is 1. The van der Waals surface area contributed by atoms with Crippen molar-refractivity contribution in [1.29, 1.82) is 0 Å². The van der Waals surface area contributed by atoms with Gasteiger partial charge >= 0.3 is 0 Å². The number of hydrogen-bond acceptors (Lipinski definition) is 4. The number of anilines is 1.